The zero-order valence-electron chi connectivity index (χ0n) is 19.1. The summed E-state index contributed by atoms with van der Waals surface area (Å²) in [5.74, 6) is 2.44. The summed E-state index contributed by atoms with van der Waals surface area (Å²) in [6.45, 7) is 11.2. The summed E-state index contributed by atoms with van der Waals surface area (Å²) in [5, 5.41) is 6.81. The Labute approximate surface area is 198 Å². The van der Waals surface area contributed by atoms with E-state index < -0.39 is 0 Å². The number of benzene rings is 1. The van der Waals surface area contributed by atoms with Crippen molar-refractivity contribution >= 4 is 35.8 Å². The Hall–Kier alpha value is -1.71. The third-order valence-electron chi connectivity index (χ3n) is 5.33. The zero-order valence-corrected chi connectivity index (χ0v) is 21.4. The fraction of sp³-hybridized carbons (Fsp3) is 0.636. The lowest BCUT2D eigenvalue weighted by Crippen LogP contribution is -2.45. The van der Waals surface area contributed by atoms with E-state index in [2.05, 4.69) is 37.5 Å². The molecule has 1 aromatic carbocycles. The summed E-state index contributed by atoms with van der Waals surface area (Å²) in [7, 11) is 3.29. The van der Waals surface area contributed by atoms with E-state index in [1.54, 1.807) is 14.2 Å². The minimum Gasteiger partial charge on any atom is -0.493 e. The van der Waals surface area contributed by atoms with Gasteiger partial charge in [-0.1, -0.05) is 26.8 Å². The lowest BCUT2D eigenvalue weighted by molar-refractivity contribution is -0.129. The van der Waals surface area contributed by atoms with Crippen LogP contribution >= 0.6 is 24.0 Å². The average Bonchev–Trinajstić information content (AvgIpc) is 3.19. The third-order valence-corrected chi connectivity index (χ3v) is 5.33. The van der Waals surface area contributed by atoms with E-state index in [4.69, 9.17) is 14.5 Å². The average molecular weight is 532 g/mol. The van der Waals surface area contributed by atoms with E-state index in [0.717, 1.165) is 49.1 Å². The Bertz CT molecular complexity index is 724. The minimum atomic E-state index is -0.179. The number of likely N-dealkylation sites (tertiary alicyclic amines) is 1. The van der Waals surface area contributed by atoms with Crippen LogP contribution in [0.5, 0.6) is 11.5 Å². The largest absolute Gasteiger partial charge is 0.493 e. The minimum absolute atomic E-state index is 0. The quantitative estimate of drug-likeness (QED) is 0.306. The van der Waals surface area contributed by atoms with Crippen LogP contribution in [0.15, 0.2) is 23.2 Å². The molecule has 1 aliphatic heterocycles. The molecule has 0 aliphatic carbocycles. The predicted octanol–water partition coefficient (Wildman–Crippen LogP) is 3.17. The topological polar surface area (TPSA) is 75.2 Å². The van der Waals surface area contributed by atoms with Gasteiger partial charge in [0, 0.05) is 37.5 Å². The second kappa shape index (κ2) is 12.2. The molecule has 1 fully saturated rings. The first-order valence-electron chi connectivity index (χ1n) is 10.4. The van der Waals surface area contributed by atoms with Crippen molar-refractivity contribution in [2.75, 3.05) is 40.4 Å². The third kappa shape index (κ3) is 6.92. The summed E-state index contributed by atoms with van der Waals surface area (Å²) < 4.78 is 10.8. The van der Waals surface area contributed by atoms with Gasteiger partial charge in [0.2, 0.25) is 5.91 Å². The summed E-state index contributed by atoms with van der Waals surface area (Å²) in [4.78, 5) is 18.7. The highest BCUT2D eigenvalue weighted by Crippen LogP contribution is 2.33. The molecule has 170 valence electrons. The number of guanidine groups is 1. The van der Waals surface area contributed by atoms with Gasteiger partial charge in [0.1, 0.15) is 0 Å². The van der Waals surface area contributed by atoms with Gasteiger partial charge in [-0.25, -0.2) is 0 Å². The van der Waals surface area contributed by atoms with Crippen LogP contribution < -0.4 is 20.1 Å². The van der Waals surface area contributed by atoms with Crippen LogP contribution in [-0.4, -0.2) is 63.2 Å². The van der Waals surface area contributed by atoms with Crippen LogP contribution in [0.2, 0.25) is 0 Å². The predicted molar refractivity (Wildman–Crippen MR) is 132 cm³/mol. The zero-order chi connectivity index (χ0) is 21.4. The molecule has 1 atom stereocenters. The standard InChI is InChI=1S/C22H36N4O3.HI/c1-7-20(27)26-12-11-17(14-26)25-21(23-8-2)24-15-22(3,4)16-9-10-18(28-5)19(13-16)29-6;/h9-10,13,17H,7-8,11-12,14-15H2,1-6H3,(H2,23,24,25);1H. The van der Waals surface area contributed by atoms with Crippen LogP contribution in [0.1, 0.15) is 46.1 Å². The summed E-state index contributed by atoms with van der Waals surface area (Å²) in [6.07, 6.45) is 1.50. The molecule has 1 amide bonds. The number of amides is 1. The van der Waals surface area contributed by atoms with E-state index in [0.29, 0.717) is 13.0 Å². The van der Waals surface area contributed by atoms with E-state index >= 15 is 0 Å². The van der Waals surface area contributed by atoms with Crippen LogP contribution in [0, 0.1) is 0 Å². The second-order valence-electron chi connectivity index (χ2n) is 7.97. The molecule has 0 radical (unpaired) electrons. The molecular weight excluding hydrogens is 495 g/mol. The highest BCUT2D eigenvalue weighted by Gasteiger charge is 2.26. The Balaban J connectivity index is 0.00000450. The van der Waals surface area contributed by atoms with E-state index in [9.17, 15) is 4.79 Å². The van der Waals surface area contributed by atoms with Gasteiger partial charge in [-0.05, 0) is 31.0 Å². The summed E-state index contributed by atoms with van der Waals surface area (Å²) in [6, 6.07) is 6.23. The molecule has 0 spiro atoms. The van der Waals surface area contributed by atoms with Gasteiger partial charge in [0.15, 0.2) is 17.5 Å². The molecule has 30 heavy (non-hydrogen) atoms. The molecule has 1 aromatic rings. The maximum atomic E-state index is 11.9. The van der Waals surface area contributed by atoms with Gasteiger partial charge in [0.25, 0.3) is 0 Å². The SMILES string of the molecule is CCNC(=NCC(C)(C)c1ccc(OC)c(OC)c1)NC1CCN(C(=O)CC)C1.I. The Morgan fingerprint density at radius 3 is 2.53 bits per heavy atom. The van der Waals surface area contributed by atoms with Gasteiger partial charge in [-0.2, -0.15) is 0 Å². The molecule has 1 aliphatic rings. The molecule has 2 N–H and O–H groups in total. The highest BCUT2D eigenvalue weighted by molar-refractivity contribution is 14.0. The normalized spacial score (nSPS) is 16.7. The van der Waals surface area contributed by atoms with Crippen molar-refractivity contribution < 1.29 is 14.3 Å². The number of methoxy groups -OCH3 is 2. The number of carbonyl (C=O) groups excluding carboxylic acids is 1. The Morgan fingerprint density at radius 1 is 1.23 bits per heavy atom. The number of aliphatic imine (C=N–C) groups is 1. The monoisotopic (exact) mass is 532 g/mol. The summed E-state index contributed by atoms with van der Waals surface area (Å²) in [5.41, 5.74) is 0.956. The number of carbonyl (C=O) groups is 1. The second-order valence-corrected chi connectivity index (χ2v) is 7.97. The molecule has 1 saturated heterocycles. The Morgan fingerprint density at radius 2 is 1.93 bits per heavy atom. The molecule has 1 unspecified atom stereocenters. The molecular formula is C22H37IN4O3. The van der Waals surface area contributed by atoms with Crippen molar-refractivity contribution in [2.24, 2.45) is 4.99 Å². The first-order chi connectivity index (χ1) is 13.8. The highest BCUT2D eigenvalue weighted by atomic mass is 127. The van der Waals surface area contributed by atoms with Crippen molar-refractivity contribution in [3.8, 4) is 11.5 Å². The van der Waals surface area contributed by atoms with Gasteiger partial charge in [-0.15, -0.1) is 24.0 Å². The molecule has 8 heteroatoms. The number of hydrogen-bond acceptors (Lipinski definition) is 4. The lowest BCUT2D eigenvalue weighted by atomic mass is 9.84. The maximum absolute atomic E-state index is 11.9. The van der Waals surface area contributed by atoms with Gasteiger partial charge < -0.3 is 25.0 Å². The Kier molecular flexibility index (Phi) is 10.7. The number of hydrogen-bond donors (Lipinski definition) is 2. The molecule has 1 heterocycles. The number of nitrogens with zero attached hydrogens (tertiary/aromatic N) is 2. The number of ether oxygens (including phenoxy) is 2. The van der Waals surface area contributed by atoms with Gasteiger partial charge >= 0.3 is 0 Å². The van der Waals surface area contributed by atoms with Crippen LogP contribution in [0.4, 0.5) is 0 Å². The summed E-state index contributed by atoms with van der Waals surface area (Å²) >= 11 is 0. The molecule has 0 saturated carbocycles. The van der Waals surface area contributed by atoms with Crippen molar-refractivity contribution in [3.05, 3.63) is 23.8 Å². The van der Waals surface area contributed by atoms with E-state index in [1.165, 1.54) is 0 Å². The van der Waals surface area contributed by atoms with Gasteiger partial charge in [-0.3, -0.25) is 9.79 Å². The maximum Gasteiger partial charge on any atom is 0.222 e. The number of rotatable bonds is 8. The van der Waals surface area contributed by atoms with Gasteiger partial charge in [0.05, 0.1) is 20.8 Å². The first-order valence-corrected chi connectivity index (χ1v) is 10.4. The smallest absolute Gasteiger partial charge is 0.222 e. The fourth-order valence-electron chi connectivity index (χ4n) is 3.47. The number of halogens is 1. The van der Waals surface area contributed by atoms with E-state index in [1.807, 2.05) is 24.0 Å². The van der Waals surface area contributed by atoms with Crippen molar-refractivity contribution in [1.29, 1.82) is 0 Å². The first kappa shape index (κ1) is 26.3. The molecule has 0 aromatic heterocycles. The fourth-order valence-corrected chi connectivity index (χ4v) is 3.47. The number of nitrogens with one attached hydrogen (secondary N) is 2. The lowest BCUT2D eigenvalue weighted by Gasteiger charge is -2.25. The van der Waals surface area contributed by atoms with Crippen LogP contribution in [0.25, 0.3) is 0 Å². The molecule has 2 rings (SSSR count). The van der Waals surface area contributed by atoms with E-state index in [-0.39, 0.29) is 41.3 Å². The van der Waals surface area contributed by atoms with Crippen LogP contribution in [-0.2, 0) is 10.2 Å². The van der Waals surface area contributed by atoms with Crippen molar-refractivity contribution in [2.45, 2.75) is 52.0 Å². The van der Waals surface area contributed by atoms with Crippen molar-refractivity contribution in [3.63, 3.8) is 0 Å². The van der Waals surface area contributed by atoms with Crippen LogP contribution in [0.3, 0.4) is 0 Å². The molecule has 0 bridgehead atoms. The molecule has 7 nitrogen and oxygen atoms in total. The van der Waals surface area contributed by atoms with Crippen molar-refractivity contribution in [1.82, 2.24) is 15.5 Å².